The molecule has 1 fully saturated rings. The molecular formula is C12H15ClN2OS. The molecule has 0 bridgehead atoms. The van der Waals surface area contributed by atoms with Crippen molar-refractivity contribution in [2.75, 3.05) is 24.3 Å². The summed E-state index contributed by atoms with van der Waals surface area (Å²) in [6.45, 7) is 0. The summed E-state index contributed by atoms with van der Waals surface area (Å²) in [6.07, 6.45) is 1.07. The predicted octanol–water partition coefficient (Wildman–Crippen LogP) is 2.50. The summed E-state index contributed by atoms with van der Waals surface area (Å²) >= 11 is 7.81. The van der Waals surface area contributed by atoms with Crippen molar-refractivity contribution in [3.8, 4) is 0 Å². The maximum atomic E-state index is 12.2. The summed E-state index contributed by atoms with van der Waals surface area (Å²) in [6, 6.07) is 5.37. The summed E-state index contributed by atoms with van der Waals surface area (Å²) in [4.78, 5) is 14.0. The fourth-order valence-electron chi connectivity index (χ4n) is 1.86. The van der Waals surface area contributed by atoms with Gasteiger partial charge in [0.05, 0.1) is 10.7 Å². The van der Waals surface area contributed by atoms with Gasteiger partial charge in [0.1, 0.15) is 0 Å². The number of carbonyl (C=O) groups excluding carboxylic acids is 1. The number of benzene rings is 1. The number of carbonyl (C=O) groups is 1. The first kappa shape index (κ1) is 12.6. The summed E-state index contributed by atoms with van der Waals surface area (Å²) in [7, 11) is 1.85. The molecule has 0 aliphatic carbocycles. The van der Waals surface area contributed by atoms with Gasteiger partial charge in [-0.3, -0.25) is 4.79 Å². The number of hydrogen-bond acceptors (Lipinski definition) is 3. The Bertz CT molecular complexity index is 433. The van der Waals surface area contributed by atoms with Crippen LogP contribution in [0.2, 0.25) is 5.02 Å². The first-order chi connectivity index (χ1) is 8.09. The normalized spacial score (nSPS) is 19.3. The molecule has 1 aliphatic rings. The van der Waals surface area contributed by atoms with Crippen molar-refractivity contribution < 1.29 is 4.79 Å². The van der Waals surface area contributed by atoms with Crippen LogP contribution in [0.5, 0.6) is 0 Å². The maximum absolute atomic E-state index is 12.2. The molecule has 2 rings (SSSR count). The van der Waals surface area contributed by atoms with Gasteiger partial charge in [-0.05, 0) is 30.4 Å². The molecule has 0 aromatic heterocycles. The first-order valence-electron chi connectivity index (χ1n) is 5.49. The number of nitrogen functional groups attached to an aromatic ring is 1. The van der Waals surface area contributed by atoms with Gasteiger partial charge in [0.15, 0.2) is 0 Å². The lowest BCUT2D eigenvalue weighted by atomic mass is 10.1. The fraction of sp³-hybridized carbons (Fsp3) is 0.417. The SMILES string of the molecule is CN(C(=O)c1ccc(N)c(Cl)c1)C1CCSC1. The van der Waals surface area contributed by atoms with E-state index in [9.17, 15) is 4.79 Å². The Kier molecular flexibility index (Phi) is 3.84. The van der Waals surface area contributed by atoms with Crippen LogP contribution in [0.25, 0.3) is 0 Å². The molecule has 1 aromatic carbocycles. The van der Waals surface area contributed by atoms with Crippen LogP contribution in [0.1, 0.15) is 16.8 Å². The average Bonchev–Trinajstić information content (AvgIpc) is 2.84. The number of nitrogens with zero attached hydrogens (tertiary/aromatic N) is 1. The van der Waals surface area contributed by atoms with E-state index in [0.717, 1.165) is 17.9 Å². The maximum Gasteiger partial charge on any atom is 0.253 e. The molecule has 0 radical (unpaired) electrons. The number of nitrogens with two attached hydrogens (primary N) is 1. The zero-order chi connectivity index (χ0) is 12.4. The summed E-state index contributed by atoms with van der Waals surface area (Å²) in [5.41, 5.74) is 6.73. The van der Waals surface area contributed by atoms with Gasteiger partial charge < -0.3 is 10.6 Å². The van der Waals surface area contributed by atoms with Crippen LogP contribution < -0.4 is 5.73 Å². The van der Waals surface area contributed by atoms with E-state index >= 15 is 0 Å². The summed E-state index contributed by atoms with van der Waals surface area (Å²) in [5, 5.41) is 0.435. The van der Waals surface area contributed by atoms with E-state index in [0.29, 0.717) is 22.3 Å². The van der Waals surface area contributed by atoms with E-state index < -0.39 is 0 Å². The van der Waals surface area contributed by atoms with Crippen LogP contribution in [0.15, 0.2) is 18.2 Å². The Balaban J connectivity index is 2.15. The van der Waals surface area contributed by atoms with Crippen molar-refractivity contribution in [2.45, 2.75) is 12.5 Å². The minimum Gasteiger partial charge on any atom is -0.398 e. The summed E-state index contributed by atoms with van der Waals surface area (Å²) in [5.74, 6) is 2.16. The fourth-order valence-corrected chi connectivity index (χ4v) is 3.31. The molecule has 1 heterocycles. The molecule has 1 saturated heterocycles. The molecule has 92 valence electrons. The van der Waals surface area contributed by atoms with Gasteiger partial charge in [-0.2, -0.15) is 11.8 Å². The molecular weight excluding hydrogens is 256 g/mol. The molecule has 1 unspecified atom stereocenters. The number of halogens is 1. The van der Waals surface area contributed by atoms with Gasteiger partial charge in [0.25, 0.3) is 5.91 Å². The van der Waals surface area contributed by atoms with Crippen LogP contribution in [-0.4, -0.2) is 35.4 Å². The minimum atomic E-state index is 0.0133. The van der Waals surface area contributed by atoms with E-state index in [4.69, 9.17) is 17.3 Å². The molecule has 1 amide bonds. The highest BCUT2D eigenvalue weighted by molar-refractivity contribution is 7.99. The smallest absolute Gasteiger partial charge is 0.253 e. The highest BCUT2D eigenvalue weighted by Gasteiger charge is 2.24. The van der Waals surface area contributed by atoms with Crippen molar-refractivity contribution in [1.29, 1.82) is 0 Å². The Morgan fingerprint density at radius 3 is 2.94 bits per heavy atom. The first-order valence-corrected chi connectivity index (χ1v) is 7.03. The molecule has 1 aliphatic heterocycles. The van der Waals surface area contributed by atoms with Gasteiger partial charge in [-0.1, -0.05) is 11.6 Å². The number of rotatable bonds is 2. The van der Waals surface area contributed by atoms with E-state index in [1.807, 2.05) is 23.7 Å². The average molecular weight is 271 g/mol. The molecule has 0 saturated carbocycles. The van der Waals surface area contributed by atoms with Gasteiger partial charge >= 0.3 is 0 Å². The predicted molar refractivity (Wildman–Crippen MR) is 73.7 cm³/mol. The van der Waals surface area contributed by atoms with Gasteiger partial charge in [-0.15, -0.1) is 0 Å². The molecule has 5 heteroatoms. The van der Waals surface area contributed by atoms with E-state index in [1.54, 1.807) is 18.2 Å². The molecule has 2 N–H and O–H groups in total. The Morgan fingerprint density at radius 2 is 2.35 bits per heavy atom. The monoisotopic (exact) mass is 270 g/mol. The van der Waals surface area contributed by atoms with Crippen LogP contribution in [0.3, 0.4) is 0 Å². The lowest BCUT2D eigenvalue weighted by Gasteiger charge is -2.24. The Morgan fingerprint density at radius 1 is 1.59 bits per heavy atom. The molecule has 17 heavy (non-hydrogen) atoms. The molecule has 3 nitrogen and oxygen atoms in total. The van der Waals surface area contributed by atoms with Crippen molar-refractivity contribution in [1.82, 2.24) is 4.90 Å². The van der Waals surface area contributed by atoms with Crippen molar-refractivity contribution in [3.05, 3.63) is 28.8 Å². The number of amides is 1. The van der Waals surface area contributed by atoms with Crippen LogP contribution in [-0.2, 0) is 0 Å². The molecule has 0 spiro atoms. The van der Waals surface area contributed by atoms with E-state index in [-0.39, 0.29) is 5.91 Å². The third-order valence-electron chi connectivity index (χ3n) is 3.02. The van der Waals surface area contributed by atoms with Crippen LogP contribution >= 0.6 is 23.4 Å². The Labute approximate surface area is 110 Å². The zero-order valence-electron chi connectivity index (χ0n) is 9.65. The van der Waals surface area contributed by atoms with Crippen molar-refractivity contribution in [2.24, 2.45) is 0 Å². The number of anilines is 1. The second-order valence-corrected chi connectivity index (χ2v) is 5.73. The quantitative estimate of drug-likeness (QED) is 0.840. The van der Waals surface area contributed by atoms with Crippen LogP contribution in [0.4, 0.5) is 5.69 Å². The molecule has 1 atom stereocenters. The zero-order valence-corrected chi connectivity index (χ0v) is 11.2. The van der Waals surface area contributed by atoms with E-state index in [1.165, 1.54) is 0 Å². The standard InChI is InChI=1S/C12H15ClN2OS/c1-15(9-4-5-17-7-9)12(16)8-2-3-11(14)10(13)6-8/h2-3,6,9H,4-5,7,14H2,1H3. The number of thioether (sulfide) groups is 1. The summed E-state index contributed by atoms with van der Waals surface area (Å²) < 4.78 is 0. The lowest BCUT2D eigenvalue weighted by Crippen LogP contribution is -2.36. The van der Waals surface area contributed by atoms with Crippen molar-refractivity contribution >= 4 is 35.0 Å². The minimum absolute atomic E-state index is 0.0133. The second-order valence-electron chi connectivity index (χ2n) is 4.17. The number of hydrogen-bond donors (Lipinski definition) is 1. The molecule has 1 aromatic rings. The van der Waals surface area contributed by atoms with Gasteiger partial charge in [0, 0.05) is 24.4 Å². The van der Waals surface area contributed by atoms with Gasteiger partial charge in [0.2, 0.25) is 0 Å². The van der Waals surface area contributed by atoms with E-state index in [2.05, 4.69) is 0 Å². The van der Waals surface area contributed by atoms with Crippen LogP contribution in [0, 0.1) is 0 Å². The topological polar surface area (TPSA) is 46.3 Å². The third kappa shape index (κ3) is 2.69. The van der Waals surface area contributed by atoms with Crippen molar-refractivity contribution in [3.63, 3.8) is 0 Å². The third-order valence-corrected chi connectivity index (χ3v) is 4.49. The Hall–Kier alpha value is -0.870. The largest absolute Gasteiger partial charge is 0.398 e. The van der Waals surface area contributed by atoms with Gasteiger partial charge in [-0.25, -0.2) is 0 Å². The second kappa shape index (κ2) is 5.19. The highest BCUT2D eigenvalue weighted by Crippen LogP contribution is 2.24. The highest BCUT2D eigenvalue weighted by atomic mass is 35.5. The lowest BCUT2D eigenvalue weighted by molar-refractivity contribution is 0.0748.